The number of aliphatic hydroxyl groups excluding tert-OH is 1. The van der Waals surface area contributed by atoms with E-state index in [9.17, 15) is 9.90 Å². The second-order valence-electron chi connectivity index (χ2n) is 7.14. The van der Waals surface area contributed by atoms with Crippen LogP contribution in [-0.2, 0) is 6.54 Å². The number of aliphatic hydroxyl groups is 1. The van der Waals surface area contributed by atoms with Crippen LogP contribution >= 0.6 is 11.3 Å². The first-order chi connectivity index (χ1) is 14.6. The predicted octanol–water partition coefficient (Wildman–Crippen LogP) is 4.08. The van der Waals surface area contributed by atoms with Crippen LogP contribution in [0.2, 0.25) is 0 Å². The zero-order chi connectivity index (χ0) is 20.9. The fourth-order valence-electron chi connectivity index (χ4n) is 3.29. The number of carbonyl (C=O) groups is 1. The Morgan fingerprint density at radius 3 is 2.87 bits per heavy atom. The van der Waals surface area contributed by atoms with E-state index in [4.69, 9.17) is 10.5 Å². The summed E-state index contributed by atoms with van der Waals surface area (Å²) in [6.07, 6.45) is 3.79. The normalized spacial score (nSPS) is 12.2. The number of hydrogen-bond donors (Lipinski definition) is 2. The van der Waals surface area contributed by atoms with E-state index in [0.29, 0.717) is 26.0 Å². The van der Waals surface area contributed by atoms with Gasteiger partial charge in [-0.2, -0.15) is 0 Å². The third-order valence-corrected chi connectivity index (χ3v) is 5.97. The van der Waals surface area contributed by atoms with Gasteiger partial charge in [0.05, 0.1) is 19.0 Å². The minimum absolute atomic E-state index is 0.198. The van der Waals surface area contributed by atoms with Gasteiger partial charge in [-0.1, -0.05) is 30.3 Å². The van der Waals surface area contributed by atoms with Crippen LogP contribution in [0, 0.1) is 0 Å². The number of ether oxygens (including phenoxy) is 1. The Hall–Kier alpha value is -3.16. The number of nitrogens with two attached hydrogens (primary N) is 1. The number of benzene rings is 2. The summed E-state index contributed by atoms with van der Waals surface area (Å²) in [5, 5.41) is 11.4. The van der Waals surface area contributed by atoms with Crippen molar-refractivity contribution in [2.75, 3.05) is 6.61 Å². The van der Waals surface area contributed by atoms with Gasteiger partial charge in [0.15, 0.2) is 0 Å². The summed E-state index contributed by atoms with van der Waals surface area (Å²) in [4.78, 5) is 16.2. The van der Waals surface area contributed by atoms with E-state index in [2.05, 4.69) is 47.4 Å². The number of hydrogen-bond acceptors (Lipinski definition) is 5. The van der Waals surface area contributed by atoms with Crippen molar-refractivity contribution in [2.45, 2.75) is 25.5 Å². The molecule has 0 saturated carbocycles. The van der Waals surface area contributed by atoms with Gasteiger partial charge in [-0.05, 0) is 48.1 Å². The Morgan fingerprint density at radius 2 is 2.07 bits per heavy atom. The van der Waals surface area contributed by atoms with E-state index in [-0.39, 0.29) is 5.69 Å². The first-order valence-electron chi connectivity index (χ1n) is 9.80. The highest BCUT2D eigenvalue weighted by atomic mass is 32.1. The molecule has 0 aliphatic rings. The molecular formula is C23H23N3O3S. The van der Waals surface area contributed by atoms with E-state index in [1.54, 1.807) is 22.1 Å². The maximum atomic E-state index is 11.1. The fraction of sp³-hybridized carbons (Fsp3) is 0.217. The molecule has 1 atom stereocenters. The van der Waals surface area contributed by atoms with Crippen molar-refractivity contribution < 1.29 is 14.6 Å². The number of amides is 1. The van der Waals surface area contributed by atoms with E-state index < -0.39 is 12.0 Å². The summed E-state index contributed by atoms with van der Waals surface area (Å²) in [6, 6.07) is 18.7. The van der Waals surface area contributed by atoms with Gasteiger partial charge in [-0.25, -0.2) is 4.98 Å². The van der Waals surface area contributed by atoms with Gasteiger partial charge in [0.1, 0.15) is 11.4 Å². The predicted molar refractivity (Wildman–Crippen MR) is 119 cm³/mol. The van der Waals surface area contributed by atoms with Crippen LogP contribution < -0.4 is 10.5 Å². The van der Waals surface area contributed by atoms with Crippen LogP contribution in [0.5, 0.6) is 5.75 Å². The molecular weight excluding hydrogens is 398 g/mol. The molecule has 154 valence electrons. The first-order valence-corrected chi connectivity index (χ1v) is 10.6. The van der Waals surface area contributed by atoms with E-state index >= 15 is 0 Å². The summed E-state index contributed by atoms with van der Waals surface area (Å²) in [6.45, 7) is 0.880. The van der Waals surface area contributed by atoms with Crippen molar-refractivity contribution >= 4 is 27.3 Å². The molecule has 0 aliphatic carbocycles. The molecule has 2 aromatic carbocycles. The number of aromatic nitrogens is 2. The highest BCUT2D eigenvalue weighted by Gasteiger charge is 2.09. The molecule has 2 heterocycles. The summed E-state index contributed by atoms with van der Waals surface area (Å²) in [5.41, 5.74) is 6.52. The number of imidazole rings is 1. The van der Waals surface area contributed by atoms with Crippen molar-refractivity contribution in [3.05, 3.63) is 72.8 Å². The third-order valence-electron chi connectivity index (χ3n) is 4.80. The Bertz CT molecular complexity index is 1120. The van der Waals surface area contributed by atoms with Crippen molar-refractivity contribution in [3.8, 4) is 16.2 Å². The Kier molecular flexibility index (Phi) is 6.11. The molecule has 1 amide bonds. The SMILES string of the molecule is NC(=O)c1cn(C[C@@H](O)CCCOc2cccc(-c3cc4ccccc4s3)c2)cn1. The van der Waals surface area contributed by atoms with Gasteiger partial charge in [-0.15, -0.1) is 11.3 Å². The zero-order valence-electron chi connectivity index (χ0n) is 16.4. The molecule has 3 N–H and O–H groups in total. The lowest BCUT2D eigenvalue weighted by molar-refractivity contribution is 0.0995. The number of primary amides is 1. The molecule has 0 bridgehead atoms. The van der Waals surface area contributed by atoms with Gasteiger partial charge in [0.25, 0.3) is 5.91 Å². The van der Waals surface area contributed by atoms with Gasteiger partial charge >= 0.3 is 0 Å². The lowest BCUT2D eigenvalue weighted by atomic mass is 10.1. The number of rotatable bonds is 9. The van der Waals surface area contributed by atoms with E-state index in [0.717, 1.165) is 11.3 Å². The lowest BCUT2D eigenvalue weighted by Gasteiger charge is -2.12. The standard InChI is InChI=1S/C23H23N3O3S/c24-23(28)20-14-26(15-25-20)13-18(27)7-4-10-29-19-8-3-6-16(11-19)22-12-17-5-1-2-9-21(17)30-22/h1-3,5-6,8-9,11-12,14-15,18,27H,4,7,10,13H2,(H2,24,28)/t18-/m0/s1. The van der Waals surface area contributed by atoms with Crippen molar-refractivity contribution in [1.29, 1.82) is 0 Å². The van der Waals surface area contributed by atoms with Crippen molar-refractivity contribution in [3.63, 3.8) is 0 Å². The van der Waals surface area contributed by atoms with Crippen molar-refractivity contribution in [1.82, 2.24) is 9.55 Å². The summed E-state index contributed by atoms with van der Waals surface area (Å²) < 4.78 is 8.83. The molecule has 0 unspecified atom stereocenters. The Morgan fingerprint density at radius 1 is 1.20 bits per heavy atom. The molecule has 30 heavy (non-hydrogen) atoms. The smallest absolute Gasteiger partial charge is 0.268 e. The van der Waals surface area contributed by atoms with Crippen LogP contribution in [0.1, 0.15) is 23.3 Å². The molecule has 0 saturated heterocycles. The average Bonchev–Trinajstić information content (AvgIpc) is 3.38. The van der Waals surface area contributed by atoms with Crippen molar-refractivity contribution in [2.24, 2.45) is 5.73 Å². The van der Waals surface area contributed by atoms with Gasteiger partial charge in [0.2, 0.25) is 0 Å². The highest BCUT2D eigenvalue weighted by molar-refractivity contribution is 7.22. The number of carbonyl (C=O) groups excluding carboxylic acids is 1. The fourth-order valence-corrected chi connectivity index (χ4v) is 4.35. The molecule has 2 aromatic heterocycles. The monoisotopic (exact) mass is 421 g/mol. The first kappa shape index (κ1) is 20.1. The second-order valence-corrected chi connectivity index (χ2v) is 8.22. The third kappa shape index (κ3) is 4.87. The van der Waals surface area contributed by atoms with E-state index in [1.807, 2.05) is 12.1 Å². The Balaban J connectivity index is 1.28. The summed E-state index contributed by atoms with van der Waals surface area (Å²) in [5.74, 6) is 0.245. The summed E-state index contributed by atoms with van der Waals surface area (Å²) in [7, 11) is 0. The van der Waals surface area contributed by atoms with E-state index in [1.165, 1.54) is 21.3 Å². The maximum absolute atomic E-state index is 11.1. The van der Waals surface area contributed by atoms with Crippen LogP contribution in [0.3, 0.4) is 0 Å². The van der Waals surface area contributed by atoms with Gasteiger partial charge in [-0.3, -0.25) is 4.79 Å². The zero-order valence-corrected chi connectivity index (χ0v) is 17.2. The molecule has 6 nitrogen and oxygen atoms in total. The largest absolute Gasteiger partial charge is 0.494 e. The van der Waals surface area contributed by atoms with Crippen LogP contribution in [0.25, 0.3) is 20.5 Å². The number of fused-ring (bicyclic) bond motifs is 1. The van der Waals surface area contributed by atoms with Gasteiger partial charge in [0, 0.05) is 22.3 Å². The molecule has 0 fully saturated rings. The minimum Gasteiger partial charge on any atom is -0.494 e. The lowest BCUT2D eigenvalue weighted by Crippen LogP contribution is -2.16. The average molecular weight is 422 g/mol. The topological polar surface area (TPSA) is 90.4 Å². The summed E-state index contributed by atoms with van der Waals surface area (Å²) >= 11 is 1.77. The minimum atomic E-state index is -0.575. The van der Waals surface area contributed by atoms with Crippen LogP contribution in [0.15, 0.2) is 67.1 Å². The molecule has 4 aromatic rings. The quantitative estimate of drug-likeness (QED) is 0.398. The Labute approximate surface area is 178 Å². The molecule has 0 spiro atoms. The molecule has 7 heteroatoms. The number of nitrogens with zero attached hydrogens (tertiary/aromatic N) is 2. The molecule has 0 aliphatic heterocycles. The molecule has 0 radical (unpaired) electrons. The van der Waals surface area contributed by atoms with Gasteiger partial charge < -0.3 is 20.1 Å². The second kappa shape index (κ2) is 9.11. The maximum Gasteiger partial charge on any atom is 0.268 e. The highest BCUT2D eigenvalue weighted by Crippen LogP contribution is 2.34. The van der Waals surface area contributed by atoms with Crippen LogP contribution in [-0.4, -0.2) is 33.3 Å². The molecule has 4 rings (SSSR count). The van der Waals surface area contributed by atoms with Crippen LogP contribution in [0.4, 0.5) is 0 Å². The number of thiophene rings is 1.